The van der Waals surface area contributed by atoms with Crippen molar-refractivity contribution in [3.63, 3.8) is 0 Å². The van der Waals surface area contributed by atoms with Crippen LogP contribution >= 0.6 is 0 Å². The number of anilines is 1. The monoisotopic (exact) mass is 248 g/mol. The molecule has 0 atom stereocenters. The number of aromatic nitrogens is 1. The fourth-order valence-corrected chi connectivity index (χ4v) is 1.84. The number of nitrogens with one attached hydrogen (secondary N) is 1. The quantitative estimate of drug-likeness (QED) is 0.765. The maximum absolute atomic E-state index is 11.7. The molecule has 18 heavy (non-hydrogen) atoms. The molecular weight excluding hydrogens is 228 g/mol. The van der Waals surface area contributed by atoms with Crippen molar-refractivity contribution in [3.05, 3.63) is 24.0 Å². The van der Waals surface area contributed by atoms with Gasteiger partial charge in [-0.3, -0.25) is 9.78 Å². The maximum Gasteiger partial charge on any atom is 0.226 e. The molecule has 0 radical (unpaired) electrons. The fourth-order valence-electron chi connectivity index (χ4n) is 1.84. The Hall–Kier alpha value is -1.62. The van der Waals surface area contributed by atoms with Gasteiger partial charge in [0.1, 0.15) is 0 Å². The second-order valence-electron chi connectivity index (χ2n) is 4.82. The zero-order valence-electron chi connectivity index (χ0n) is 10.7. The fraction of sp³-hybridized carbons (Fsp3) is 0.538. The highest BCUT2D eigenvalue weighted by Gasteiger charge is 2.25. The van der Waals surface area contributed by atoms with E-state index in [-0.39, 0.29) is 5.91 Å². The van der Waals surface area contributed by atoms with Crippen LogP contribution in [0.2, 0.25) is 0 Å². The highest BCUT2D eigenvalue weighted by atomic mass is 16.1. The predicted octanol–water partition coefficient (Wildman–Crippen LogP) is 0.417. The topological polar surface area (TPSA) is 71.2 Å². The molecular formula is C13H20N4O. The summed E-state index contributed by atoms with van der Waals surface area (Å²) in [4.78, 5) is 18.1. The van der Waals surface area contributed by atoms with Gasteiger partial charge in [-0.25, -0.2) is 0 Å². The van der Waals surface area contributed by atoms with E-state index in [4.69, 9.17) is 5.73 Å². The summed E-state index contributed by atoms with van der Waals surface area (Å²) in [6, 6.07) is 4.28. The van der Waals surface area contributed by atoms with E-state index in [9.17, 15) is 4.79 Å². The average Bonchev–Trinajstić information content (AvgIpc) is 3.16. The minimum Gasteiger partial charge on any atom is -0.397 e. The Bertz CT molecular complexity index is 400. The lowest BCUT2D eigenvalue weighted by molar-refractivity contribution is -0.120. The van der Waals surface area contributed by atoms with E-state index in [1.54, 1.807) is 18.3 Å². The number of hydrogen-bond acceptors (Lipinski definition) is 4. The van der Waals surface area contributed by atoms with Crippen molar-refractivity contribution in [2.24, 2.45) is 0 Å². The third-order valence-electron chi connectivity index (χ3n) is 3.15. The van der Waals surface area contributed by atoms with Gasteiger partial charge in [-0.15, -0.1) is 0 Å². The van der Waals surface area contributed by atoms with Gasteiger partial charge in [-0.1, -0.05) is 0 Å². The number of nitrogens with zero attached hydrogens (tertiary/aromatic N) is 2. The van der Waals surface area contributed by atoms with Gasteiger partial charge in [-0.05, 0) is 32.0 Å². The molecule has 3 N–H and O–H groups in total. The molecule has 1 aromatic heterocycles. The second kappa shape index (κ2) is 5.82. The van der Waals surface area contributed by atoms with Crippen LogP contribution < -0.4 is 11.1 Å². The van der Waals surface area contributed by atoms with E-state index >= 15 is 0 Å². The standard InChI is InChI=1S/C13H20N4O/c1-17(12-4-5-12)7-6-15-13(18)8-11-3-2-10(14)9-16-11/h2-3,9,12H,4-8,14H2,1H3,(H,15,18). The summed E-state index contributed by atoms with van der Waals surface area (Å²) >= 11 is 0. The van der Waals surface area contributed by atoms with Crippen LogP contribution in [-0.4, -0.2) is 42.0 Å². The summed E-state index contributed by atoms with van der Waals surface area (Å²) < 4.78 is 0. The Morgan fingerprint density at radius 3 is 2.94 bits per heavy atom. The number of carbonyl (C=O) groups is 1. The first-order valence-electron chi connectivity index (χ1n) is 6.32. The Morgan fingerprint density at radius 2 is 2.33 bits per heavy atom. The maximum atomic E-state index is 11.7. The molecule has 0 saturated heterocycles. The lowest BCUT2D eigenvalue weighted by Gasteiger charge is -2.15. The Balaban J connectivity index is 1.66. The van der Waals surface area contributed by atoms with Gasteiger partial charge in [0.05, 0.1) is 18.3 Å². The average molecular weight is 248 g/mol. The van der Waals surface area contributed by atoms with Crippen molar-refractivity contribution in [1.29, 1.82) is 0 Å². The first kappa shape index (κ1) is 12.8. The molecule has 1 aliphatic carbocycles. The molecule has 0 aromatic carbocycles. The smallest absolute Gasteiger partial charge is 0.226 e. The normalized spacial score (nSPS) is 14.8. The van der Waals surface area contributed by atoms with Gasteiger partial charge < -0.3 is 16.0 Å². The van der Waals surface area contributed by atoms with Gasteiger partial charge >= 0.3 is 0 Å². The molecule has 5 nitrogen and oxygen atoms in total. The summed E-state index contributed by atoms with van der Waals surface area (Å²) in [5.41, 5.74) is 6.90. The van der Waals surface area contributed by atoms with Crippen molar-refractivity contribution in [3.8, 4) is 0 Å². The van der Waals surface area contributed by atoms with E-state index in [1.807, 2.05) is 0 Å². The summed E-state index contributed by atoms with van der Waals surface area (Å²) in [6.45, 7) is 1.60. The third-order valence-corrected chi connectivity index (χ3v) is 3.15. The van der Waals surface area contributed by atoms with Crippen LogP contribution in [0, 0.1) is 0 Å². The van der Waals surface area contributed by atoms with E-state index < -0.39 is 0 Å². The molecule has 0 spiro atoms. The molecule has 0 unspecified atom stereocenters. The van der Waals surface area contributed by atoms with Gasteiger partial charge in [0.2, 0.25) is 5.91 Å². The van der Waals surface area contributed by atoms with Gasteiger partial charge in [0, 0.05) is 24.8 Å². The molecule has 0 aliphatic heterocycles. The van der Waals surface area contributed by atoms with Crippen LogP contribution in [0.1, 0.15) is 18.5 Å². The van der Waals surface area contributed by atoms with E-state index in [0.29, 0.717) is 18.7 Å². The van der Waals surface area contributed by atoms with Crippen molar-refractivity contribution < 1.29 is 4.79 Å². The van der Waals surface area contributed by atoms with Crippen LogP contribution in [0.15, 0.2) is 18.3 Å². The first-order chi connectivity index (χ1) is 8.65. The zero-order chi connectivity index (χ0) is 13.0. The van der Waals surface area contributed by atoms with Gasteiger partial charge in [0.15, 0.2) is 0 Å². The molecule has 5 heteroatoms. The number of hydrogen-bond donors (Lipinski definition) is 2. The molecule has 1 heterocycles. The molecule has 1 amide bonds. The lowest BCUT2D eigenvalue weighted by atomic mass is 10.2. The van der Waals surface area contributed by atoms with E-state index in [0.717, 1.165) is 18.3 Å². The molecule has 98 valence electrons. The van der Waals surface area contributed by atoms with E-state index in [1.165, 1.54) is 12.8 Å². The summed E-state index contributed by atoms with van der Waals surface area (Å²) in [7, 11) is 2.10. The highest BCUT2D eigenvalue weighted by molar-refractivity contribution is 5.78. The van der Waals surface area contributed by atoms with Crippen LogP contribution in [-0.2, 0) is 11.2 Å². The summed E-state index contributed by atoms with van der Waals surface area (Å²) in [5.74, 6) is 0.0106. The predicted molar refractivity (Wildman–Crippen MR) is 71.0 cm³/mol. The highest BCUT2D eigenvalue weighted by Crippen LogP contribution is 2.24. The minimum absolute atomic E-state index is 0.0106. The number of pyridine rings is 1. The Morgan fingerprint density at radius 1 is 1.56 bits per heavy atom. The number of carbonyl (C=O) groups excluding carboxylic acids is 1. The van der Waals surface area contributed by atoms with Gasteiger partial charge in [0.25, 0.3) is 0 Å². The van der Waals surface area contributed by atoms with Crippen LogP contribution in [0.4, 0.5) is 5.69 Å². The number of nitrogens with two attached hydrogens (primary N) is 1. The molecule has 2 rings (SSSR count). The van der Waals surface area contributed by atoms with E-state index in [2.05, 4.69) is 22.2 Å². The number of nitrogen functional groups attached to an aromatic ring is 1. The molecule has 1 aliphatic rings. The number of rotatable bonds is 6. The second-order valence-corrected chi connectivity index (χ2v) is 4.82. The summed E-state index contributed by atoms with van der Waals surface area (Å²) in [5, 5.41) is 2.91. The largest absolute Gasteiger partial charge is 0.397 e. The molecule has 1 saturated carbocycles. The van der Waals surface area contributed by atoms with Crippen molar-refractivity contribution >= 4 is 11.6 Å². The number of amides is 1. The first-order valence-corrected chi connectivity index (χ1v) is 6.32. The minimum atomic E-state index is 0.0106. The van der Waals surface area contributed by atoms with Crippen molar-refractivity contribution in [2.45, 2.75) is 25.3 Å². The Kier molecular flexibility index (Phi) is 4.15. The van der Waals surface area contributed by atoms with Crippen molar-refractivity contribution in [1.82, 2.24) is 15.2 Å². The SMILES string of the molecule is CN(CCNC(=O)Cc1ccc(N)cn1)C1CC1. The Labute approximate surface area is 107 Å². The van der Waals surface area contributed by atoms with Crippen LogP contribution in [0.25, 0.3) is 0 Å². The van der Waals surface area contributed by atoms with Crippen LogP contribution in [0.3, 0.4) is 0 Å². The van der Waals surface area contributed by atoms with Gasteiger partial charge in [-0.2, -0.15) is 0 Å². The molecule has 1 fully saturated rings. The van der Waals surface area contributed by atoms with Crippen molar-refractivity contribution in [2.75, 3.05) is 25.9 Å². The summed E-state index contributed by atoms with van der Waals surface area (Å²) in [6.07, 6.45) is 4.47. The van der Waals surface area contributed by atoms with Crippen LogP contribution in [0.5, 0.6) is 0 Å². The molecule has 1 aromatic rings. The third kappa shape index (κ3) is 4.00. The number of likely N-dealkylation sites (N-methyl/N-ethyl adjacent to an activating group) is 1. The lowest BCUT2D eigenvalue weighted by Crippen LogP contribution is -2.34. The zero-order valence-corrected chi connectivity index (χ0v) is 10.7. The molecule has 0 bridgehead atoms.